The third kappa shape index (κ3) is 5.21. The van der Waals surface area contributed by atoms with E-state index in [1.54, 1.807) is 14.2 Å². The fourth-order valence-electron chi connectivity index (χ4n) is 1.94. The Morgan fingerprint density at radius 3 is 2.32 bits per heavy atom. The Kier molecular flexibility index (Phi) is 9.23. The summed E-state index contributed by atoms with van der Waals surface area (Å²) < 4.78 is 11.6. The maximum Gasteiger partial charge on any atom is 0.133 e. The summed E-state index contributed by atoms with van der Waals surface area (Å²) in [5.41, 5.74) is 7.24. The molecule has 0 amide bonds. The van der Waals surface area contributed by atoms with Crippen LogP contribution in [0.25, 0.3) is 0 Å². The average molecular weight is 353 g/mol. The highest BCUT2D eigenvalue weighted by Gasteiger charge is 2.15. The van der Waals surface area contributed by atoms with Crippen molar-refractivity contribution in [2.24, 2.45) is 5.73 Å². The van der Waals surface area contributed by atoms with Gasteiger partial charge in [-0.3, -0.25) is 0 Å². The van der Waals surface area contributed by atoms with Crippen LogP contribution in [0.3, 0.4) is 0 Å². The van der Waals surface area contributed by atoms with Crippen molar-refractivity contribution >= 4 is 28.3 Å². The molecule has 0 heterocycles. The fourth-order valence-corrected chi connectivity index (χ4v) is 2.43. The van der Waals surface area contributed by atoms with E-state index in [1.165, 1.54) is 12.8 Å². The fraction of sp³-hybridized carbons (Fsp3) is 0.571. The Balaban J connectivity index is 0.00000324. The van der Waals surface area contributed by atoms with Crippen LogP contribution in [-0.4, -0.2) is 14.2 Å². The molecule has 0 bridgehead atoms. The molecule has 0 spiro atoms. The van der Waals surface area contributed by atoms with Crippen molar-refractivity contribution in [2.45, 2.75) is 38.6 Å². The minimum Gasteiger partial charge on any atom is -0.496 e. The number of ether oxygens (including phenoxy) is 2. The lowest BCUT2D eigenvalue weighted by atomic mass is 10.00. The zero-order valence-electron chi connectivity index (χ0n) is 11.7. The Morgan fingerprint density at radius 1 is 1.16 bits per heavy atom. The van der Waals surface area contributed by atoms with Gasteiger partial charge in [0.1, 0.15) is 11.5 Å². The predicted octanol–water partition coefficient (Wildman–Crippen LogP) is 4.47. The molecule has 3 nitrogen and oxygen atoms in total. The van der Waals surface area contributed by atoms with Crippen LogP contribution < -0.4 is 15.2 Å². The van der Waals surface area contributed by atoms with Gasteiger partial charge in [-0.15, -0.1) is 12.4 Å². The second-order valence-corrected chi connectivity index (χ2v) is 5.19. The molecule has 0 saturated heterocycles. The molecule has 1 aromatic rings. The van der Waals surface area contributed by atoms with Gasteiger partial charge >= 0.3 is 0 Å². The van der Waals surface area contributed by atoms with Crippen molar-refractivity contribution in [3.63, 3.8) is 0 Å². The molecule has 0 fully saturated rings. The molecule has 110 valence electrons. The maximum atomic E-state index is 6.23. The molecular formula is C14H23BrClNO2. The van der Waals surface area contributed by atoms with Crippen LogP contribution in [0, 0.1) is 0 Å². The smallest absolute Gasteiger partial charge is 0.133 e. The second kappa shape index (κ2) is 9.45. The summed E-state index contributed by atoms with van der Waals surface area (Å²) in [6.45, 7) is 2.19. The number of nitrogens with two attached hydrogens (primary N) is 1. The first kappa shape index (κ1) is 18.6. The first-order valence-corrected chi connectivity index (χ1v) is 7.10. The number of methoxy groups -OCH3 is 2. The summed E-state index contributed by atoms with van der Waals surface area (Å²) >= 11 is 3.45. The van der Waals surface area contributed by atoms with Crippen molar-refractivity contribution in [3.8, 4) is 11.5 Å². The second-order valence-electron chi connectivity index (χ2n) is 4.33. The van der Waals surface area contributed by atoms with Gasteiger partial charge < -0.3 is 15.2 Å². The van der Waals surface area contributed by atoms with E-state index < -0.39 is 0 Å². The number of benzene rings is 1. The van der Waals surface area contributed by atoms with Gasteiger partial charge in [0.25, 0.3) is 0 Å². The zero-order chi connectivity index (χ0) is 13.5. The number of unbranched alkanes of at least 4 members (excludes halogenated alkanes) is 2. The molecule has 0 saturated carbocycles. The number of hydrogen-bond acceptors (Lipinski definition) is 3. The normalized spacial score (nSPS) is 11.6. The van der Waals surface area contributed by atoms with Crippen LogP contribution in [-0.2, 0) is 0 Å². The monoisotopic (exact) mass is 351 g/mol. The number of halogens is 2. The summed E-state index contributed by atoms with van der Waals surface area (Å²) in [6, 6.07) is 3.86. The van der Waals surface area contributed by atoms with E-state index in [4.69, 9.17) is 15.2 Å². The molecule has 2 N–H and O–H groups in total. The highest BCUT2D eigenvalue weighted by molar-refractivity contribution is 9.10. The molecule has 0 radical (unpaired) electrons. The van der Waals surface area contributed by atoms with Gasteiger partial charge in [0, 0.05) is 11.6 Å². The molecule has 5 heteroatoms. The molecule has 0 aliphatic carbocycles. The van der Waals surface area contributed by atoms with Crippen molar-refractivity contribution in [2.75, 3.05) is 14.2 Å². The van der Waals surface area contributed by atoms with Crippen molar-refractivity contribution in [1.82, 2.24) is 0 Å². The van der Waals surface area contributed by atoms with Gasteiger partial charge in [-0.25, -0.2) is 0 Å². The summed E-state index contributed by atoms with van der Waals surface area (Å²) in [6.07, 6.45) is 4.52. The van der Waals surface area contributed by atoms with Crippen LogP contribution in [0.1, 0.15) is 44.2 Å². The summed E-state index contributed by atoms with van der Waals surface area (Å²) in [5.74, 6) is 1.60. The predicted molar refractivity (Wildman–Crippen MR) is 85.6 cm³/mol. The zero-order valence-corrected chi connectivity index (χ0v) is 14.1. The van der Waals surface area contributed by atoms with E-state index in [9.17, 15) is 0 Å². The van der Waals surface area contributed by atoms with Crippen LogP contribution >= 0.6 is 28.3 Å². The van der Waals surface area contributed by atoms with Crippen LogP contribution in [0.15, 0.2) is 16.6 Å². The minimum absolute atomic E-state index is 0. The van der Waals surface area contributed by atoms with Crippen molar-refractivity contribution in [1.29, 1.82) is 0 Å². The van der Waals surface area contributed by atoms with E-state index in [2.05, 4.69) is 22.9 Å². The van der Waals surface area contributed by atoms with Crippen LogP contribution in [0.2, 0.25) is 0 Å². The summed E-state index contributed by atoms with van der Waals surface area (Å²) in [7, 11) is 3.31. The molecule has 0 unspecified atom stereocenters. The van der Waals surface area contributed by atoms with E-state index in [-0.39, 0.29) is 18.4 Å². The van der Waals surface area contributed by atoms with Crippen molar-refractivity contribution < 1.29 is 9.47 Å². The summed E-state index contributed by atoms with van der Waals surface area (Å²) in [4.78, 5) is 0. The van der Waals surface area contributed by atoms with E-state index >= 15 is 0 Å². The van der Waals surface area contributed by atoms with Crippen LogP contribution in [0.4, 0.5) is 0 Å². The van der Waals surface area contributed by atoms with Crippen LogP contribution in [0.5, 0.6) is 11.5 Å². The number of hydrogen-bond donors (Lipinski definition) is 1. The molecule has 19 heavy (non-hydrogen) atoms. The molecule has 1 aromatic carbocycles. The third-order valence-corrected chi connectivity index (χ3v) is 3.64. The first-order valence-electron chi connectivity index (χ1n) is 6.31. The van der Waals surface area contributed by atoms with Gasteiger partial charge in [0.15, 0.2) is 0 Å². The van der Waals surface area contributed by atoms with E-state index in [0.29, 0.717) is 0 Å². The van der Waals surface area contributed by atoms with E-state index in [1.807, 2.05) is 12.1 Å². The Morgan fingerprint density at radius 2 is 1.79 bits per heavy atom. The molecular weight excluding hydrogens is 330 g/mol. The number of rotatable bonds is 7. The van der Waals surface area contributed by atoms with Gasteiger partial charge in [0.2, 0.25) is 0 Å². The summed E-state index contributed by atoms with van der Waals surface area (Å²) in [5, 5.41) is 0. The van der Waals surface area contributed by atoms with Gasteiger partial charge in [-0.1, -0.05) is 26.2 Å². The van der Waals surface area contributed by atoms with Gasteiger partial charge in [0.05, 0.1) is 18.7 Å². The highest BCUT2D eigenvalue weighted by atomic mass is 79.9. The standard InChI is InChI=1S/C14H22BrNO2.ClH/c1-4-5-6-7-12(16)10-8-14(18-3)11(15)9-13(10)17-2;/h8-9,12H,4-7,16H2,1-3H3;1H/t12-;/m0./s1. The minimum atomic E-state index is -0.00602. The Labute approximate surface area is 130 Å². The molecule has 1 atom stereocenters. The molecule has 0 aromatic heterocycles. The van der Waals surface area contributed by atoms with Gasteiger partial charge in [-0.2, -0.15) is 0 Å². The largest absolute Gasteiger partial charge is 0.496 e. The Hall–Kier alpha value is -0.450. The maximum absolute atomic E-state index is 6.23. The SMILES string of the molecule is CCCCC[C@H](N)c1cc(OC)c(Br)cc1OC.Cl. The van der Waals surface area contributed by atoms with E-state index in [0.717, 1.165) is 34.4 Å². The first-order chi connectivity index (χ1) is 8.63. The Bertz CT molecular complexity index is 388. The quantitative estimate of drug-likeness (QED) is 0.736. The average Bonchev–Trinajstić information content (AvgIpc) is 2.38. The van der Waals surface area contributed by atoms with Crippen molar-refractivity contribution in [3.05, 3.63) is 22.2 Å². The topological polar surface area (TPSA) is 44.5 Å². The molecule has 0 aliphatic rings. The third-order valence-electron chi connectivity index (χ3n) is 3.02. The van der Waals surface area contributed by atoms with Gasteiger partial charge in [-0.05, 0) is 34.5 Å². The highest BCUT2D eigenvalue weighted by Crippen LogP contribution is 2.36. The lowest BCUT2D eigenvalue weighted by Crippen LogP contribution is -2.12. The molecule has 1 rings (SSSR count). The molecule has 0 aliphatic heterocycles. The lowest BCUT2D eigenvalue weighted by Gasteiger charge is -2.17. The lowest BCUT2D eigenvalue weighted by molar-refractivity contribution is 0.391.